The molecular formula is C12H19N3O. The maximum atomic E-state index is 11.9. The van der Waals surface area contributed by atoms with E-state index >= 15 is 0 Å². The van der Waals surface area contributed by atoms with E-state index in [0.717, 1.165) is 0 Å². The summed E-state index contributed by atoms with van der Waals surface area (Å²) in [5.41, 5.74) is -0.0609. The lowest BCUT2D eigenvalue weighted by atomic mass is 9.91. The summed E-state index contributed by atoms with van der Waals surface area (Å²) in [5.74, 6) is 0.0259. The Morgan fingerprint density at radius 1 is 1.12 bits per heavy atom. The molecule has 0 aliphatic heterocycles. The summed E-state index contributed by atoms with van der Waals surface area (Å²) in [5, 5.41) is 17.0. The number of hydrogen-bond donors (Lipinski definition) is 0. The van der Waals surface area contributed by atoms with Crippen molar-refractivity contribution in [2.45, 2.75) is 40.0 Å². The van der Waals surface area contributed by atoms with Gasteiger partial charge in [0.1, 0.15) is 0 Å². The molecule has 0 rings (SSSR count). The maximum Gasteiger partial charge on any atom is 0.223 e. The van der Waals surface area contributed by atoms with E-state index in [1.807, 2.05) is 32.9 Å². The number of carbonyl (C=O) groups is 1. The average molecular weight is 221 g/mol. The Morgan fingerprint density at radius 3 is 1.88 bits per heavy atom. The minimum atomic E-state index is -0.0609. The van der Waals surface area contributed by atoms with Gasteiger partial charge < -0.3 is 4.90 Å². The van der Waals surface area contributed by atoms with Gasteiger partial charge in [0.15, 0.2) is 0 Å². The third kappa shape index (κ3) is 6.84. The van der Waals surface area contributed by atoms with Gasteiger partial charge in [0.25, 0.3) is 0 Å². The van der Waals surface area contributed by atoms with Crippen molar-refractivity contribution in [1.29, 1.82) is 10.5 Å². The standard InChI is InChI=1S/C12H19N3O/c1-12(2,3)10-11(16)15(8-4-6-13)9-5-7-14/h4-5,8-10H2,1-3H3. The van der Waals surface area contributed by atoms with Crippen molar-refractivity contribution in [3.63, 3.8) is 0 Å². The van der Waals surface area contributed by atoms with Crippen molar-refractivity contribution in [1.82, 2.24) is 4.90 Å². The van der Waals surface area contributed by atoms with Gasteiger partial charge in [0.05, 0.1) is 25.0 Å². The summed E-state index contributed by atoms with van der Waals surface area (Å²) in [7, 11) is 0. The Labute approximate surface area is 97.5 Å². The van der Waals surface area contributed by atoms with Crippen LogP contribution in [0.3, 0.4) is 0 Å². The lowest BCUT2D eigenvalue weighted by Crippen LogP contribution is -2.35. The smallest absolute Gasteiger partial charge is 0.223 e. The third-order valence-corrected chi connectivity index (χ3v) is 2.02. The zero-order valence-corrected chi connectivity index (χ0v) is 10.3. The van der Waals surface area contributed by atoms with Crippen molar-refractivity contribution < 1.29 is 4.79 Å². The van der Waals surface area contributed by atoms with E-state index in [0.29, 0.717) is 32.4 Å². The second-order valence-corrected chi connectivity index (χ2v) is 4.93. The summed E-state index contributed by atoms with van der Waals surface area (Å²) >= 11 is 0. The lowest BCUT2D eigenvalue weighted by molar-refractivity contribution is -0.133. The first-order valence-corrected chi connectivity index (χ1v) is 5.42. The fraction of sp³-hybridized carbons (Fsp3) is 0.750. The van der Waals surface area contributed by atoms with Crippen LogP contribution in [0.25, 0.3) is 0 Å². The minimum absolute atomic E-state index is 0.0259. The number of rotatable bonds is 5. The highest BCUT2D eigenvalue weighted by Gasteiger charge is 2.20. The van der Waals surface area contributed by atoms with Gasteiger partial charge in [0, 0.05) is 19.5 Å². The first-order valence-electron chi connectivity index (χ1n) is 5.42. The average Bonchev–Trinajstić information content (AvgIpc) is 2.15. The minimum Gasteiger partial charge on any atom is -0.341 e. The molecule has 0 unspecified atom stereocenters. The molecule has 0 spiro atoms. The van der Waals surface area contributed by atoms with Crippen LogP contribution in [0.1, 0.15) is 40.0 Å². The lowest BCUT2D eigenvalue weighted by Gasteiger charge is -2.25. The zero-order chi connectivity index (χ0) is 12.6. The summed E-state index contributed by atoms with van der Waals surface area (Å²) < 4.78 is 0. The van der Waals surface area contributed by atoms with Crippen molar-refractivity contribution >= 4 is 5.91 Å². The first kappa shape index (κ1) is 14.5. The second kappa shape index (κ2) is 6.85. The summed E-state index contributed by atoms with van der Waals surface area (Å²) in [6.07, 6.45) is 1.09. The van der Waals surface area contributed by atoms with Crippen molar-refractivity contribution in [3.8, 4) is 12.1 Å². The highest BCUT2D eigenvalue weighted by atomic mass is 16.2. The predicted molar refractivity (Wildman–Crippen MR) is 61.1 cm³/mol. The zero-order valence-electron chi connectivity index (χ0n) is 10.3. The van der Waals surface area contributed by atoms with Crippen LogP contribution >= 0.6 is 0 Å². The van der Waals surface area contributed by atoms with Crippen LogP contribution in [-0.4, -0.2) is 23.9 Å². The summed E-state index contributed by atoms with van der Waals surface area (Å²) in [6.45, 7) is 6.84. The summed E-state index contributed by atoms with van der Waals surface area (Å²) in [6, 6.07) is 4.03. The molecule has 4 nitrogen and oxygen atoms in total. The van der Waals surface area contributed by atoms with Crippen LogP contribution in [0, 0.1) is 28.1 Å². The first-order chi connectivity index (χ1) is 7.40. The molecular weight excluding hydrogens is 202 g/mol. The van der Waals surface area contributed by atoms with Crippen LogP contribution in [0.5, 0.6) is 0 Å². The largest absolute Gasteiger partial charge is 0.341 e. The molecule has 0 N–H and O–H groups in total. The van der Waals surface area contributed by atoms with E-state index in [4.69, 9.17) is 10.5 Å². The maximum absolute atomic E-state index is 11.9. The van der Waals surface area contributed by atoms with E-state index in [9.17, 15) is 4.79 Å². The van der Waals surface area contributed by atoms with Crippen molar-refractivity contribution in [3.05, 3.63) is 0 Å². The van der Waals surface area contributed by atoms with Crippen LogP contribution in [0.4, 0.5) is 0 Å². The molecule has 0 radical (unpaired) electrons. The molecule has 0 aromatic carbocycles. The van der Waals surface area contributed by atoms with Gasteiger partial charge in [-0.05, 0) is 5.41 Å². The Morgan fingerprint density at radius 2 is 1.56 bits per heavy atom. The third-order valence-electron chi connectivity index (χ3n) is 2.02. The number of carbonyl (C=O) groups excluding carboxylic acids is 1. The van der Waals surface area contributed by atoms with Gasteiger partial charge >= 0.3 is 0 Å². The van der Waals surface area contributed by atoms with E-state index in [2.05, 4.69) is 0 Å². The Hall–Kier alpha value is -1.55. The highest BCUT2D eigenvalue weighted by molar-refractivity contribution is 5.76. The number of amides is 1. The Kier molecular flexibility index (Phi) is 6.18. The van der Waals surface area contributed by atoms with Gasteiger partial charge in [-0.1, -0.05) is 20.8 Å². The summed E-state index contributed by atoms with van der Waals surface area (Å²) in [4.78, 5) is 13.5. The van der Waals surface area contributed by atoms with Gasteiger partial charge in [-0.3, -0.25) is 4.79 Å². The number of nitriles is 2. The van der Waals surface area contributed by atoms with E-state index < -0.39 is 0 Å². The number of hydrogen-bond acceptors (Lipinski definition) is 3. The molecule has 0 fully saturated rings. The Balaban J connectivity index is 4.33. The van der Waals surface area contributed by atoms with E-state index in [-0.39, 0.29) is 11.3 Å². The Bertz CT molecular complexity index is 286. The molecule has 0 aromatic rings. The van der Waals surface area contributed by atoms with Crippen LogP contribution in [0.15, 0.2) is 0 Å². The molecule has 4 heteroatoms. The fourth-order valence-corrected chi connectivity index (χ4v) is 1.30. The quantitative estimate of drug-likeness (QED) is 0.713. The molecule has 0 aliphatic carbocycles. The molecule has 88 valence electrons. The molecule has 0 bridgehead atoms. The van der Waals surface area contributed by atoms with Crippen LogP contribution < -0.4 is 0 Å². The molecule has 16 heavy (non-hydrogen) atoms. The SMILES string of the molecule is CC(C)(C)CC(=O)N(CCC#N)CCC#N. The normalized spacial score (nSPS) is 10.3. The molecule has 0 atom stereocenters. The van der Waals surface area contributed by atoms with Gasteiger partial charge in [-0.15, -0.1) is 0 Å². The van der Waals surface area contributed by atoms with Crippen molar-refractivity contribution in [2.24, 2.45) is 5.41 Å². The molecule has 0 heterocycles. The molecule has 0 aliphatic rings. The second-order valence-electron chi connectivity index (χ2n) is 4.93. The molecule has 0 saturated heterocycles. The number of nitrogens with zero attached hydrogens (tertiary/aromatic N) is 3. The molecule has 0 saturated carbocycles. The van der Waals surface area contributed by atoms with E-state index in [1.165, 1.54) is 0 Å². The molecule has 1 amide bonds. The molecule has 0 aromatic heterocycles. The fourth-order valence-electron chi connectivity index (χ4n) is 1.30. The van der Waals surface area contributed by atoms with Crippen molar-refractivity contribution in [2.75, 3.05) is 13.1 Å². The van der Waals surface area contributed by atoms with Crippen LogP contribution in [0.2, 0.25) is 0 Å². The predicted octanol–water partition coefficient (Wildman–Crippen LogP) is 2.08. The topological polar surface area (TPSA) is 67.9 Å². The van der Waals surface area contributed by atoms with Gasteiger partial charge in [0.2, 0.25) is 5.91 Å². The van der Waals surface area contributed by atoms with E-state index in [1.54, 1.807) is 4.90 Å². The van der Waals surface area contributed by atoms with Crippen LogP contribution in [-0.2, 0) is 4.79 Å². The monoisotopic (exact) mass is 221 g/mol. The van der Waals surface area contributed by atoms with Gasteiger partial charge in [-0.2, -0.15) is 10.5 Å². The highest BCUT2D eigenvalue weighted by Crippen LogP contribution is 2.19. The van der Waals surface area contributed by atoms with Gasteiger partial charge in [-0.25, -0.2) is 0 Å².